The van der Waals surface area contributed by atoms with E-state index in [4.69, 9.17) is 5.73 Å². The van der Waals surface area contributed by atoms with Crippen LogP contribution < -0.4 is 5.73 Å². The van der Waals surface area contributed by atoms with Gasteiger partial charge in [0.15, 0.2) is 0 Å². The van der Waals surface area contributed by atoms with Crippen LogP contribution in [0.1, 0.15) is 32.6 Å². The third-order valence-corrected chi connectivity index (χ3v) is 4.64. The van der Waals surface area contributed by atoms with Gasteiger partial charge in [0, 0.05) is 31.6 Å². The SMILES string of the molecule is CC1CN(C)CCN1C(=O)C1CCC(CN)CC1. The number of hydrogen-bond acceptors (Lipinski definition) is 3. The molecule has 0 bridgehead atoms. The molecule has 104 valence electrons. The molecule has 1 amide bonds. The summed E-state index contributed by atoms with van der Waals surface area (Å²) in [6.45, 7) is 5.86. The molecule has 2 rings (SSSR count). The second-order valence-corrected chi connectivity index (χ2v) is 6.10. The molecule has 4 heteroatoms. The molecule has 18 heavy (non-hydrogen) atoms. The Balaban J connectivity index is 1.88. The second-order valence-electron chi connectivity index (χ2n) is 6.10. The van der Waals surface area contributed by atoms with Crippen LogP contribution in [0.5, 0.6) is 0 Å². The van der Waals surface area contributed by atoms with E-state index in [1.807, 2.05) is 0 Å². The van der Waals surface area contributed by atoms with Gasteiger partial charge in [-0.2, -0.15) is 0 Å². The van der Waals surface area contributed by atoms with Crippen molar-refractivity contribution in [2.75, 3.05) is 33.2 Å². The lowest BCUT2D eigenvalue weighted by Gasteiger charge is -2.41. The quantitative estimate of drug-likeness (QED) is 0.796. The number of amides is 1. The van der Waals surface area contributed by atoms with Crippen LogP contribution in [0.25, 0.3) is 0 Å². The zero-order chi connectivity index (χ0) is 13.1. The van der Waals surface area contributed by atoms with Gasteiger partial charge in [0.2, 0.25) is 5.91 Å². The van der Waals surface area contributed by atoms with Gasteiger partial charge in [-0.15, -0.1) is 0 Å². The van der Waals surface area contributed by atoms with Crippen molar-refractivity contribution in [1.29, 1.82) is 0 Å². The molecular formula is C14H27N3O. The summed E-state index contributed by atoms with van der Waals surface area (Å²) < 4.78 is 0. The van der Waals surface area contributed by atoms with Gasteiger partial charge in [-0.25, -0.2) is 0 Å². The summed E-state index contributed by atoms with van der Waals surface area (Å²) in [4.78, 5) is 17.0. The Morgan fingerprint density at radius 3 is 2.44 bits per heavy atom. The Kier molecular flexibility index (Phi) is 4.62. The maximum atomic E-state index is 12.5. The van der Waals surface area contributed by atoms with Crippen molar-refractivity contribution >= 4 is 5.91 Å². The number of hydrogen-bond donors (Lipinski definition) is 1. The largest absolute Gasteiger partial charge is 0.337 e. The number of nitrogens with zero attached hydrogens (tertiary/aromatic N) is 2. The lowest BCUT2D eigenvalue weighted by atomic mass is 9.81. The molecule has 1 aliphatic heterocycles. The average Bonchev–Trinajstić information content (AvgIpc) is 2.38. The fourth-order valence-corrected chi connectivity index (χ4v) is 3.35. The van der Waals surface area contributed by atoms with Gasteiger partial charge in [-0.05, 0) is 52.1 Å². The first-order valence-electron chi connectivity index (χ1n) is 7.31. The van der Waals surface area contributed by atoms with E-state index in [1.54, 1.807) is 0 Å². The number of carbonyl (C=O) groups excluding carboxylic acids is 1. The predicted molar refractivity (Wildman–Crippen MR) is 73.2 cm³/mol. The van der Waals surface area contributed by atoms with Gasteiger partial charge in [0.1, 0.15) is 0 Å². The van der Waals surface area contributed by atoms with Crippen molar-refractivity contribution in [2.24, 2.45) is 17.6 Å². The highest BCUT2D eigenvalue weighted by molar-refractivity contribution is 5.79. The predicted octanol–water partition coefficient (Wildman–Crippen LogP) is 0.914. The van der Waals surface area contributed by atoms with E-state index in [-0.39, 0.29) is 5.92 Å². The van der Waals surface area contributed by atoms with Gasteiger partial charge in [-0.1, -0.05) is 0 Å². The topological polar surface area (TPSA) is 49.6 Å². The summed E-state index contributed by atoms with van der Waals surface area (Å²) in [5.74, 6) is 1.31. The molecule has 2 N–H and O–H groups in total. The minimum atomic E-state index is 0.263. The summed E-state index contributed by atoms with van der Waals surface area (Å²) >= 11 is 0. The molecule has 0 aromatic carbocycles. The van der Waals surface area contributed by atoms with Crippen molar-refractivity contribution in [3.63, 3.8) is 0 Å². The van der Waals surface area contributed by atoms with Gasteiger partial charge in [0.05, 0.1) is 0 Å². The minimum absolute atomic E-state index is 0.263. The first-order valence-corrected chi connectivity index (χ1v) is 7.31. The van der Waals surface area contributed by atoms with Crippen molar-refractivity contribution in [1.82, 2.24) is 9.80 Å². The Labute approximate surface area is 110 Å². The number of likely N-dealkylation sites (N-methyl/N-ethyl adjacent to an activating group) is 1. The summed E-state index contributed by atoms with van der Waals surface area (Å²) in [6, 6.07) is 0.364. The van der Waals surface area contributed by atoms with Crippen molar-refractivity contribution in [3.05, 3.63) is 0 Å². The molecule has 1 heterocycles. The van der Waals surface area contributed by atoms with Crippen molar-refractivity contribution < 1.29 is 4.79 Å². The van der Waals surface area contributed by atoms with Crippen LogP contribution in [0.15, 0.2) is 0 Å². The highest BCUT2D eigenvalue weighted by atomic mass is 16.2. The molecule has 0 aromatic rings. The van der Waals surface area contributed by atoms with Crippen LogP contribution in [0.3, 0.4) is 0 Å². The fourth-order valence-electron chi connectivity index (χ4n) is 3.35. The van der Waals surface area contributed by atoms with Crippen LogP contribution in [-0.4, -0.2) is 55.0 Å². The number of piperazine rings is 1. The molecule has 4 nitrogen and oxygen atoms in total. The Morgan fingerprint density at radius 1 is 1.22 bits per heavy atom. The zero-order valence-corrected chi connectivity index (χ0v) is 11.8. The summed E-state index contributed by atoms with van der Waals surface area (Å²) in [7, 11) is 2.13. The molecule has 0 spiro atoms. The molecule has 1 aliphatic carbocycles. The number of carbonyl (C=O) groups is 1. The van der Waals surface area contributed by atoms with Crippen LogP contribution in [0.4, 0.5) is 0 Å². The molecule has 2 fully saturated rings. The van der Waals surface area contributed by atoms with E-state index < -0.39 is 0 Å². The Hall–Kier alpha value is -0.610. The molecule has 0 radical (unpaired) electrons. The molecule has 1 saturated carbocycles. The molecule has 1 saturated heterocycles. The van der Waals surface area contributed by atoms with Gasteiger partial charge < -0.3 is 15.5 Å². The summed E-state index contributed by atoms with van der Waals surface area (Å²) in [5, 5.41) is 0. The summed E-state index contributed by atoms with van der Waals surface area (Å²) in [6.07, 6.45) is 4.35. The third-order valence-electron chi connectivity index (χ3n) is 4.64. The molecule has 1 unspecified atom stereocenters. The van der Waals surface area contributed by atoms with Crippen molar-refractivity contribution in [2.45, 2.75) is 38.6 Å². The Bertz CT molecular complexity index is 287. The maximum Gasteiger partial charge on any atom is 0.226 e. The van der Waals surface area contributed by atoms with E-state index in [9.17, 15) is 4.79 Å². The zero-order valence-electron chi connectivity index (χ0n) is 11.8. The summed E-state index contributed by atoms with van der Waals surface area (Å²) in [5.41, 5.74) is 5.70. The Morgan fingerprint density at radius 2 is 1.89 bits per heavy atom. The number of rotatable bonds is 2. The van der Waals surface area contributed by atoms with Crippen LogP contribution in [0.2, 0.25) is 0 Å². The lowest BCUT2D eigenvalue weighted by Crippen LogP contribution is -2.54. The normalized spacial score (nSPS) is 34.6. The average molecular weight is 253 g/mol. The standard InChI is InChI=1S/C14H27N3O/c1-11-10-16(2)7-8-17(11)14(18)13-5-3-12(9-15)4-6-13/h11-13H,3-10,15H2,1-2H3. The first-order chi connectivity index (χ1) is 8.61. The molecule has 2 aliphatic rings. The van der Waals surface area contributed by atoms with Crippen LogP contribution >= 0.6 is 0 Å². The van der Waals surface area contributed by atoms with E-state index >= 15 is 0 Å². The second kappa shape index (κ2) is 6.02. The fraction of sp³-hybridized carbons (Fsp3) is 0.929. The van der Waals surface area contributed by atoms with E-state index in [0.29, 0.717) is 17.9 Å². The van der Waals surface area contributed by atoms with E-state index in [2.05, 4.69) is 23.8 Å². The third kappa shape index (κ3) is 3.04. The van der Waals surface area contributed by atoms with E-state index in [1.165, 1.54) is 0 Å². The monoisotopic (exact) mass is 253 g/mol. The minimum Gasteiger partial charge on any atom is -0.337 e. The van der Waals surface area contributed by atoms with Crippen molar-refractivity contribution in [3.8, 4) is 0 Å². The van der Waals surface area contributed by atoms with Gasteiger partial charge in [0.25, 0.3) is 0 Å². The number of nitrogens with two attached hydrogens (primary N) is 1. The smallest absolute Gasteiger partial charge is 0.226 e. The maximum absolute atomic E-state index is 12.5. The lowest BCUT2D eigenvalue weighted by molar-refractivity contribution is -0.141. The van der Waals surface area contributed by atoms with Crippen LogP contribution in [-0.2, 0) is 4.79 Å². The molecule has 1 atom stereocenters. The molecule has 0 aromatic heterocycles. The first kappa shape index (κ1) is 13.8. The van der Waals surface area contributed by atoms with Crippen LogP contribution in [0, 0.1) is 11.8 Å². The highest BCUT2D eigenvalue weighted by Crippen LogP contribution is 2.30. The van der Waals surface area contributed by atoms with Gasteiger partial charge in [-0.3, -0.25) is 4.79 Å². The van der Waals surface area contributed by atoms with Gasteiger partial charge >= 0.3 is 0 Å². The van der Waals surface area contributed by atoms with E-state index in [0.717, 1.165) is 51.9 Å². The molecular weight excluding hydrogens is 226 g/mol. The highest BCUT2D eigenvalue weighted by Gasteiger charge is 2.32.